The predicted octanol–water partition coefficient (Wildman–Crippen LogP) is 6.40. The molecule has 184 valence electrons. The highest BCUT2D eigenvalue weighted by atomic mass is 19.1. The fourth-order valence-corrected chi connectivity index (χ4v) is 4.54. The Bertz CT molecular complexity index is 1090. The Morgan fingerprint density at radius 2 is 1.85 bits per heavy atom. The molecule has 1 saturated heterocycles. The number of carbonyl (C=O) groups excluding carboxylic acids is 1. The molecule has 7 heteroatoms. The summed E-state index contributed by atoms with van der Waals surface area (Å²) in [5.74, 6) is -0.225. The van der Waals surface area contributed by atoms with E-state index in [1.54, 1.807) is 18.2 Å². The fourth-order valence-electron chi connectivity index (χ4n) is 4.54. The Morgan fingerprint density at radius 1 is 1.12 bits per heavy atom. The van der Waals surface area contributed by atoms with Crippen LogP contribution in [0.15, 0.2) is 36.4 Å². The third-order valence-corrected chi connectivity index (χ3v) is 6.08. The Kier molecular flexibility index (Phi) is 9.02. The van der Waals surface area contributed by atoms with E-state index in [1.165, 1.54) is 18.2 Å². The largest absolute Gasteiger partial charge is 0.371 e. The van der Waals surface area contributed by atoms with E-state index in [0.717, 1.165) is 51.0 Å². The number of imidazole rings is 1. The maximum Gasteiger partial charge on any atom is 0.227 e. The molecule has 1 N–H and O–H groups in total. The van der Waals surface area contributed by atoms with E-state index in [0.29, 0.717) is 29.0 Å². The van der Waals surface area contributed by atoms with Gasteiger partial charge in [-0.3, -0.25) is 4.79 Å². The molecule has 2 aromatic carbocycles. The first-order chi connectivity index (χ1) is 16.5. The topological polar surface area (TPSA) is 52.2 Å². The zero-order valence-electron chi connectivity index (χ0n) is 20.7. The normalized spacial score (nSPS) is 15.7. The Morgan fingerprint density at radius 3 is 2.56 bits per heavy atom. The second kappa shape index (κ2) is 12.0. The molecule has 3 aromatic rings. The summed E-state index contributed by atoms with van der Waals surface area (Å²) in [6, 6.07) is 9.23. The van der Waals surface area contributed by atoms with Crippen molar-refractivity contribution in [3.8, 4) is 11.4 Å². The Labute approximate surface area is 201 Å². The number of H-pyrrole nitrogens is 1. The van der Waals surface area contributed by atoms with Crippen molar-refractivity contribution in [2.24, 2.45) is 5.92 Å². The first-order valence-electron chi connectivity index (χ1n) is 12.5. The van der Waals surface area contributed by atoms with Crippen molar-refractivity contribution in [3.63, 3.8) is 0 Å². The van der Waals surface area contributed by atoms with Gasteiger partial charge in [0.2, 0.25) is 5.91 Å². The molecule has 34 heavy (non-hydrogen) atoms. The van der Waals surface area contributed by atoms with Crippen LogP contribution in [0.5, 0.6) is 0 Å². The van der Waals surface area contributed by atoms with E-state index < -0.39 is 5.82 Å². The van der Waals surface area contributed by atoms with Crippen molar-refractivity contribution >= 4 is 22.6 Å². The minimum atomic E-state index is -0.394. The first-order valence-corrected chi connectivity index (χ1v) is 12.5. The highest BCUT2D eigenvalue weighted by molar-refractivity contribution is 5.81. The van der Waals surface area contributed by atoms with Gasteiger partial charge in [0.15, 0.2) is 0 Å². The van der Waals surface area contributed by atoms with E-state index in [2.05, 4.69) is 28.7 Å². The Hall–Kier alpha value is -2.96. The summed E-state index contributed by atoms with van der Waals surface area (Å²) in [6.07, 6.45) is 3.69. The molecule has 5 nitrogen and oxygen atoms in total. The lowest BCUT2D eigenvalue weighted by Gasteiger charge is -2.36. The van der Waals surface area contributed by atoms with Crippen molar-refractivity contribution in [2.75, 3.05) is 31.1 Å². The third kappa shape index (κ3) is 5.75. The highest BCUT2D eigenvalue weighted by Crippen LogP contribution is 2.30. The second-order valence-corrected chi connectivity index (χ2v) is 8.52. The highest BCUT2D eigenvalue weighted by Gasteiger charge is 2.29. The zero-order valence-corrected chi connectivity index (χ0v) is 20.7. The SMILES string of the molecule is CC.CCCN(CCC)C(=O)C1CCCN(c2ccc(F)c(-c3nc4ccc(F)cc4[nH]3)c2)C1. The number of nitrogens with one attached hydrogen (secondary N) is 1. The molecule has 0 radical (unpaired) electrons. The van der Waals surface area contributed by atoms with Crippen LogP contribution in [-0.2, 0) is 4.79 Å². The molecule has 1 fully saturated rings. The van der Waals surface area contributed by atoms with Crippen LogP contribution in [0.25, 0.3) is 22.4 Å². The maximum absolute atomic E-state index is 14.7. The molecule has 0 bridgehead atoms. The average molecular weight is 471 g/mol. The molecule has 1 atom stereocenters. The number of halogens is 2. The number of fused-ring (bicyclic) bond motifs is 1. The Balaban J connectivity index is 0.00000158. The molecule has 1 aliphatic rings. The molecular formula is C27H36F2N4O. The van der Waals surface area contributed by atoms with Crippen molar-refractivity contribution < 1.29 is 13.6 Å². The van der Waals surface area contributed by atoms with Crippen molar-refractivity contribution in [3.05, 3.63) is 48.0 Å². The number of anilines is 1. The lowest BCUT2D eigenvalue weighted by Crippen LogP contribution is -2.45. The summed E-state index contributed by atoms with van der Waals surface area (Å²) in [7, 11) is 0. The van der Waals surface area contributed by atoms with Gasteiger partial charge in [0.1, 0.15) is 17.5 Å². The van der Waals surface area contributed by atoms with Gasteiger partial charge in [-0.05, 0) is 62.1 Å². The van der Waals surface area contributed by atoms with Crippen LogP contribution < -0.4 is 4.90 Å². The molecule has 1 aliphatic heterocycles. The number of carbonyl (C=O) groups is 1. The number of rotatable bonds is 7. The lowest BCUT2D eigenvalue weighted by atomic mass is 9.95. The summed E-state index contributed by atoms with van der Waals surface area (Å²) in [4.78, 5) is 24.7. The van der Waals surface area contributed by atoms with E-state index in [4.69, 9.17) is 0 Å². The molecule has 4 rings (SSSR count). The molecule has 1 unspecified atom stereocenters. The summed E-state index contributed by atoms with van der Waals surface area (Å²) in [5.41, 5.74) is 2.32. The van der Waals surface area contributed by atoms with Gasteiger partial charge in [0.05, 0.1) is 22.5 Å². The van der Waals surface area contributed by atoms with Crippen LogP contribution in [-0.4, -0.2) is 47.0 Å². The van der Waals surface area contributed by atoms with E-state index in [9.17, 15) is 13.6 Å². The average Bonchev–Trinajstić information content (AvgIpc) is 3.28. The van der Waals surface area contributed by atoms with Gasteiger partial charge < -0.3 is 14.8 Å². The first kappa shape index (κ1) is 25.7. The summed E-state index contributed by atoms with van der Waals surface area (Å²) in [6.45, 7) is 11.2. The van der Waals surface area contributed by atoms with Crippen molar-refractivity contribution in [1.29, 1.82) is 0 Å². The minimum absolute atomic E-state index is 0.0514. The standard InChI is InChI=1S/C25H30F2N4O.C2H6/c1-3-11-30(12-4-2)25(32)17-6-5-13-31(16-17)19-8-9-21(27)20(15-19)24-28-22-10-7-18(26)14-23(22)29-24;1-2/h7-10,14-15,17H,3-6,11-13,16H2,1-2H3,(H,28,29);1-2H3. The van der Waals surface area contributed by atoms with Gasteiger partial charge in [-0.2, -0.15) is 0 Å². The summed E-state index contributed by atoms with van der Waals surface area (Å²) >= 11 is 0. The molecule has 2 heterocycles. The minimum Gasteiger partial charge on any atom is -0.371 e. The van der Waals surface area contributed by atoms with Gasteiger partial charge in [-0.25, -0.2) is 13.8 Å². The molecule has 0 saturated carbocycles. The number of aromatic amines is 1. The number of hydrogen-bond acceptors (Lipinski definition) is 3. The van der Waals surface area contributed by atoms with Gasteiger partial charge in [-0.1, -0.05) is 27.7 Å². The maximum atomic E-state index is 14.7. The van der Waals surface area contributed by atoms with Gasteiger partial charge in [0.25, 0.3) is 0 Å². The van der Waals surface area contributed by atoms with Crippen LogP contribution in [0.3, 0.4) is 0 Å². The molecule has 0 aliphatic carbocycles. The lowest BCUT2D eigenvalue weighted by molar-refractivity contribution is -0.135. The number of benzene rings is 2. The zero-order chi connectivity index (χ0) is 24.7. The van der Waals surface area contributed by atoms with Crippen LogP contribution >= 0.6 is 0 Å². The summed E-state index contributed by atoms with van der Waals surface area (Å²) in [5, 5.41) is 0. The number of nitrogens with zero attached hydrogens (tertiary/aromatic N) is 3. The molecule has 1 amide bonds. The van der Waals surface area contributed by atoms with Crippen LogP contribution in [0.1, 0.15) is 53.4 Å². The van der Waals surface area contributed by atoms with Crippen molar-refractivity contribution in [1.82, 2.24) is 14.9 Å². The van der Waals surface area contributed by atoms with E-state index >= 15 is 0 Å². The van der Waals surface area contributed by atoms with Gasteiger partial charge >= 0.3 is 0 Å². The van der Waals surface area contributed by atoms with Crippen LogP contribution in [0.2, 0.25) is 0 Å². The van der Waals surface area contributed by atoms with Crippen molar-refractivity contribution in [2.45, 2.75) is 53.4 Å². The molecule has 0 spiro atoms. The van der Waals surface area contributed by atoms with E-state index in [-0.39, 0.29) is 17.6 Å². The third-order valence-electron chi connectivity index (χ3n) is 6.08. The van der Waals surface area contributed by atoms with Gasteiger partial charge in [-0.15, -0.1) is 0 Å². The van der Waals surface area contributed by atoms with Crippen LogP contribution in [0.4, 0.5) is 14.5 Å². The monoisotopic (exact) mass is 470 g/mol. The molecule has 1 aromatic heterocycles. The summed E-state index contributed by atoms with van der Waals surface area (Å²) < 4.78 is 28.2. The quantitative estimate of drug-likeness (QED) is 0.435. The number of hydrogen-bond donors (Lipinski definition) is 1. The predicted molar refractivity (Wildman–Crippen MR) is 135 cm³/mol. The van der Waals surface area contributed by atoms with Crippen LogP contribution in [0, 0.1) is 17.6 Å². The fraction of sp³-hybridized carbons (Fsp3) is 0.481. The number of aromatic nitrogens is 2. The van der Waals surface area contributed by atoms with E-state index in [1.807, 2.05) is 18.7 Å². The van der Waals surface area contributed by atoms with Gasteiger partial charge in [0, 0.05) is 31.9 Å². The number of piperidine rings is 1. The smallest absolute Gasteiger partial charge is 0.227 e. The second-order valence-electron chi connectivity index (χ2n) is 8.52. The molecular weight excluding hydrogens is 434 g/mol. The number of amides is 1.